The molecule has 2 aromatic rings. The van der Waals surface area contributed by atoms with Crippen LogP contribution in [0.15, 0.2) is 54.6 Å². The summed E-state index contributed by atoms with van der Waals surface area (Å²) in [5.74, 6) is -0.328. The Kier molecular flexibility index (Phi) is 4.02. The van der Waals surface area contributed by atoms with Gasteiger partial charge in [-0.2, -0.15) is 0 Å². The number of carbonyl (C=O) groups is 1. The zero-order valence-electron chi connectivity index (χ0n) is 12.0. The van der Waals surface area contributed by atoms with Gasteiger partial charge in [-0.3, -0.25) is 0 Å². The number of aryl methyl sites for hydroxylation is 1. The maximum absolute atomic E-state index is 12.4. The normalized spacial score (nSPS) is 18.0. The fraction of sp³-hybridized carbons (Fsp3) is 0.278. The van der Waals surface area contributed by atoms with Gasteiger partial charge in [-0.05, 0) is 29.5 Å². The predicted molar refractivity (Wildman–Crippen MR) is 79.8 cm³/mol. The Labute approximate surface area is 124 Å². The number of rotatable bonds is 4. The Balaban J connectivity index is 1.75. The summed E-state index contributed by atoms with van der Waals surface area (Å²) in [5, 5.41) is 0. The lowest BCUT2D eigenvalue weighted by molar-refractivity contribution is -0.161. The quantitative estimate of drug-likeness (QED) is 0.804. The van der Waals surface area contributed by atoms with Crippen molar-refractivity contribution in [3.8, 4) is 0 Å². The van der Waals surface area contributed by atoms with E-state index in [0.717, 1.165) is 24.0 Å². The molecule has 0 fully saturated rings. The minimum absolute atomic E-state index is 0.157. The van der Waals surface area contributed by atoms with Crippen LogP contribution in [-0.4, -0.2) is 13.1 Å². The first-order valence-electron chi connectivity index (χ1n) is 7.15. The monoisotopic (exact) mass is 282 g/mol. The zero-order chi connectivity index (χ0) is 14.7. The van der Waals surface area contributed by atoms with Crippen molar-refractivity contribution in [2.75, 3.05) is 7.11 Å². The molecule has 0 aliphatic heterocycles. The van der Waals surface area contributed by atoms with Crippen molar-refractivity contribution in [3.05, 3.63) is 71.3 Å². The van der Waals surface area contributed by atoms with Crippen molar-refractivity contribution >= 4 is 5.97 Å². The Morgan fingerprint density at radius 1 is 1.10 bits per heavy atom. The van der Waals surface area contributed by atoms with Gasteiger partial charge in [-0.15, -0.1) is 0 Å². The molecule has 3 nitrogen and oxygen atoms in total. The first-order chi connectivity index (χ1) is 10.3. The molecule has 0 saturated heterocycles. The molecule has 0 heterocycles. The van der Waals surface area contributed by atoms with Crippen LogP contribution in [0.5, 0.6) is 0 Å². The standard InChI is InChI=1S/C18H18O3/c1-20-17(14-8-3-2-4-9-14)18(19)21-16-12-11-13-7-5-6-10-15(13)16/h2-10,16-17H,11-12H2,1H3/t16-,17+/m0/s1. The van der Waals surface area contributed by atoms with Crippen molar-refractivity contribution in [2.45, 2.75) is 25.0 Å². The molecule has 3 rings (SSSR count). The molecule has 0 N–H and O–H groups in total. The highest BCUT2D eigenvalue weighted by Gasteiger charge is 2.29. The number of esters is 1. The predicted octanol–water partition coefficient (Wildman–Crippen LogP) is 3.60. The van der Waals surface area contributed by atoms with Gasteiger partial charge < -0.3 is 9.47 Å². The van der Waals surface area contributed by atoms with Crippen molar-refractivity contribution < 1.29 is 14.3 Å². The SMILES string of the molecule is CO[C@@H](C(=O)O[C@H]1CCc2ccccc21)c1ccccc1. The maximum atomic E-state index is 12.4. The minimum Gasteiger partial charge on any atom is -0.455 e. The number of hydrogen-bond acceptors (Lipinski definition) is 3. The summed E-state index contributed by atoms with van der Waals surface area (Å²) in [6.07, 6.45) is 0.974. The molecule has 0 amide bonds. The summed E-state index contributed by atoms with van der Waals surface area (Å²) in [6.45, 7) is 0. The third-order valence-electron chi connectivity index (χ3n) is 3.89. The Morgan fingerprint density at radius 3 is 2.57 bits per heavy atom. The fourth-order valence-electron chi connectivity index (χ4n) is 2.84. The lowest BCUT2D eigenvalue weighted by atomic mass is 10.1. The number of carbonyl (C=O) groups excluding carboxylic acids is 1. The maximum Gasteiger partial charge on any atom is 0.340 e. The van der Waals surface area contributed by atoms with Gasteiger partial charge in [0.15, 0.2) is 6.10 Å². The molecule has 108 valence electrons. The number of benzene rings is 2. The van der Waals surface area contributed by atoms with Crippen LogP contribution >= 0.6 is 0 Å². The Bertz CT molecular complexity index is 621. The first-order valence-corrected chi connectivity index (χ1v) is 7.15. The van der Waals surface area contributed by atoms with E-state index in [0.29, 0.717) is 0 Å². The van der Waals surface area contributed by atoms with Crippen LogP contribution < -0.4 is 0 Å². The average molecular weight is 282 g/mol. The summed E-state index contributed by atoms with van der Waals surface area (Å²) in [5.41, 5.74) is 3.20. The molecule has 21 heavy (non-hydrogen) atoms. The molecule has 2 aromatic carbocycles. The van der Waals surface area contributed by atoms with Gasteiger partial charge >= 0.3 is 5.97 Å². The first kappa shape index (κ1) is 13.8. The van der Waals surface area contributed by atoms with Gasteiger partial charge in [0.05, 0.1) is 0 Å². The highest BCUT2D eigenvalue weighted by molar-refractivity contribution is 5.77. The smallest absolute Gasteiger partial charge is 0.340 e. The zero-order valence-corrected chi connectivity index (χ0v) is 12.0. The van der Waals surface area contributed by atoms with Crippen molar-refractivity contribution in [1.29, 1.82) is 0 Å². The van der Waals surface area contributed by atoms with Crippen molar-refractivity contribution in [2.24, 2.45) is 0 Å². The third kappa shape index (κ3) is 2.83. The number of methoxy groups -OCH3 is 1. The molecular formula is C18H18O3. The molecule has 0 spiro atoms. The lowest BCUT2D eigenvalue weighted by Crippen LogP contribution is -2.19. The molecule has 0 aromatic heterocycles. The van der Waals surface area contributed by atoms with E-state index in [1.54, 1.807) is 0 Å². The van der Waals surface area contributed by atoms with Gasteiger partial charge in [0.2, 0.25) is 0 Å². The van der Waals surface area contributed by atoms with Crippen molar-refractivity contribution in [1.82, 2.24) is 0 Å². The van der Waals surface area contributed by atoms with E-state index in [2.05, 4.69) is 6.07 Å². The van der Waals surface area contributed by atoms with Crippen molar-refractivity contribution in [3.63, 3.8) is 0 Å². The van der Waals surface area contributed by atoms with Gasteiger partial charge in [0.1, 0.15) is 6.10 Å². The summed E-state index contributed by atoms with van der Waals surface area (Å²) >= 11 is 0. The van der Waals surface area contributed by atoms with Crippen LogP contribution in [0.1, 0.15) is 35.3 Å². The van der Waals surface area contributed by atoms with Gasteiger partial charge in [-0.25, -0.2) is 4.79 Å². The van der Waals surface area contributed by atoms with Crippen LogP contribution in [0, 0.1) is 0 Å². The second-order valence-corrected chi connectivity index (χ2v) is 5.19. The fourth-order valence-corrected chi connectivity index (χ4v) is 2.84. The van der Waals surface area contributed by atoms with Gasteiger partial charge in [0, 0.05) is 7.11 Å². The van der Waals surface area contributed by atoms with E-state index in [4.69, 9.17) is 9.47 Å². The highest BCUT2D eigenvalue weighted by Crippen LogP contribution is 2.35. The van der Waals surface area contributed by atoms with E-state index in [-0.39, 0.29) is 12.1 Å². The minimum atomic E-state index is -0.668. The number of ether oxygens (including phenoxy) is 2. The van der Waals surface area contributed by atoms with E-state index in [1.165, 1.54) is 12.7 Å². The summed E-state index contributed by atoms with van der Waals surface area (Å²) < 4.78 is 11.0. The summed E-state index contributed by atoms with van der Waals surface area (Å²) in [7, 11) is 1.53. The third-order valence-corrected chi connectivity index (χ3v) is 3.89. The van der Waals surface area contributed by atoms with Crippen LogP contribution in [-0.2, 0) is 20.7 Å². The van der Waals surface area contributed by atoms with E-state index >= 15 is 0 Å². The van der Waals surface area contributed by atoms with Crippen LogP contribution in [0.3, 0.4) is 0 Å². The van der Waals surface area contributed by atoms with Crippen LogP contribution in [0.25, 0.3) is 0 Å². The number of hydrogen-bond donors (Lipinski definition) is 0. The molecule has 0 bridgehead atoms. The Hall–Kier alpha value is -2.13. The molecule has 2 atom stereocenters. The number of fused-ring (bicyclic) bond motifs is 1. The summed E-state index contributed by atoms with van der Waals surface area (Å²) in [4.78, 5) is 12.4. The molecule has 0 unspecified atom stereocenters. The summed E-state index contributed by atoms with van der Waals surface area (Å²) in [6, 6.07) is 17.6. The molecule has 1 aliphatic rings. The largest absolute Gasteiger partial charge is 0.455 e. The second kappa shape index (κ2) is 6.10. The van der Waals surface area contributed by atoms with Gasteiger partial charge in [-0.1, -0.05) is 54.6 Å². The molecule has 0 saturated carbocycles. The van der Waals surface area contributed by atoms with Crippen LogP contribution in [0.2, 0.25) is 0 Å². The second-order valence-electron chi connectivity index (χ2n) is 5.19. The van der Waals surface area contributed by atoms with Crippen LogP contribution in [0.4, 0.5) is 0 Å². The van der Waals surface area contributed by atoms with E-state index in [1.807, 2.05) is 48.5 Å². The van der Waals surface area contributed by atoms with E-state index < -0.39 is 6.10 Å². The highest BCUT2D eigenvalue weighted by atomic mass is 16.6. The molecule has 3 heteroatoms. The lowest BCUT2D eigenvalue weighted by Gasteiger charge is -2.19. The van der Waals surface area contributed by atoms with Gasteiger partial charge in [0.25, 0.3) is 0 Å². The van der Waals surface area contributed by atoms with E-state index in [9.17, 15) is 4.79 Å². The topological polar surface area (TPSA) is 35.5 Å². The molecular weight excluding hydrogens is 264 g/mol. The average Bonchev–Trinajstić information content (AvgIpc) is 2.92. The molecule has 1 aliphatic carbocycles. The Morgan fingerprint density at radius 2 is 1.81 bits per heavy atom. The molecule has 0 radical (unpaired) electrons.